The summed E-state index contributed by atoms with van der Waals surface area (Å²) in [5, 5.41) is 9.26. The molecule has 3 N–H and O–H groups in total. The van der Waals surface area contributed by atoms with Gasteiger partial charge in [-0.2, -0.15) is 0 Å². The number of hydrogen-bond acceptors (Lipinski definition) is 2. The first kappa shape index (κ1) is 18.3. The molecule has 26 heavy (non-hydrogen) atoms. The second-order valence-corrected chi connectivity index (χ2v) is 7.10. The molecule has 0 bridgehead atoms. The van der Waals surface area contributed by atoms with E-state index in [-0.39, 0.29) is 23.9 Å². The summed E-state index contributed by atoms with van der Waals surface area (Å²) in [6, 6.07) is 12.4. The average molecular weight is 372 g/mol. The van der Waals surface area contributed by atoms with E-state index in [9.17, 15) is 9.59 Å². The van der Waals surface area contributed by atoms with Crippen LogP contribution >= 0.6 is 11.6 Å². The largest absolute Gasteiger partial charge is 0.331 e. The lowest BCUT2D eigenvalue weighted by Crippen LogP contribution is -2.31. The number of nitrogens with one attached hydrogen (secondary N) is 3. The Morgan fingerprint density at radius 3 is 2.58 bits per heavy atom. The van der Waals surface area contributed by atoms with Crippen molar-refractivity contribution in [3.8, 4) is 0 Å². The number of anilines is 2. The minimum Gasteiger partial charge on any atom is -0.331 e. The third-order valence-corrected chi connectivity index (χ3v) is 4.63. The fourth-order valence-corrected chi connectivity index (χ4v) is 2.84. The Kier molecular flexibility index (Phi) is 5.47. The zero-order valence-electron chi connectivity index (χ0n) is 14.8. The first-order valence-corrected chi connectivity index (χ1v) is 9.04. The molecule has 6 heteroatoms. The Morgan fingerprint density at radius 2 is 1.88 bits per heavy atom. The molecule has 0 heterocycles. The molecule has 5 nitrogen and oxygen atoms in total. The van der Waals surface area contributed by atoms with Gasteiger partial charge in [0.05, 0.1) is 6.04 Å². The lowest BCUT2D eigenvalue weighted by Gasteiger charge is -2.17. The molecule has 0 spiro atoms. The molecule has 1 fully saturated rings. The molecule has 0 saturated heterocycles. The van der Waals surface area contributed by atoms with E-state index < -0.39 is 0 Å². The van der Waals surface area contributed by atoms with Crippen molar-refractivity contribution in [3.05, 3.63) is 58.6 Å². The highest BCUT2D eigenvalue weighted by atomic mass is 35.5. The van der Waals surface area contributed by atoms with Crippen molar-refractivity contribution in [3.63, 3.8) is 0 Å². The second-order valence-electron chi connectivity index (χ2n) is 6.67. The Morgan fingerprint density at radius 1 is 1.12 bits per heavy atom. The summed E-state index contributed by atoms with van der Waals surface area (Å²) < 4.78 is 0. The third kappa shape index (κ3) is 4.76. The van der Waals surface area contributed by atoms with Crippen molar-refractivity contribution in [2.75, 3.05) is 10.6 Å². The monoisotopic (exact) mass is 371 g/mol. The predicted octanol–water partition coefficient (Wildman–Crippen LogP) is 4.88. The summed E-state index contributed by atoms with van der Waals surface area (Å²) in [5.74, 6) is 0.174. The Hall–Kier alpha value is -2.53. The number of carbonyl (C=O) groups is 2. The van der Waals surface area contributed by atoms with Gasteiger partial charge in [0.2, 0.25) is 5.91 Å². The molecule has 0 aromatic heterocycles. The van der Waals surface area contributed by atoms with E-state index in [0.29, 0.717) is 16.4 Å². The Labute approximate surface area is 158 Å². The molecule has 3 rings (SSSR count). The van der Waals surface area contributed by atoms with E-state index in [1.165, 1.54) is 0 Å². The highest BCUT2D eigenvalue weighted by molar-refractivity contribution is 6.30. The molecular formula is C20H22ClN3O2. The fraction of sp³-hybridized carbons (Fsp3) is 0.300. The van der Waals surface area contributed by atoms with E-state index >= 15 is 0 Å². The molecule has 0 unspecified atom stereocenters. The average Bonchev–Trinajstić information content (AvgIpc) is 3.43. The normalized spacial score (nSPS) is 14.4. The zero-order valence-corrected chi connectivity index (χ0v) is 15.6. The molecule has 2 aromatic rings. The molecule has 3 amide bonds. The van der Waals surface area contributed by atoms with E-state index in [1.54, 1.807) is 12.1 Å². The van der Waals surface area contributed by atoms with Gasteiger partial charge in [-0.1, -0.05) is 29.8 Å². The molecule has 1 atom stereocenters. The molecule has 2 aromatic carbocycles. The van der Waals surface area contributed by atoms with Crippen LogP contribution in [-0.4, -0.2) is 11.9 Å². The maximum atomic E-state index is 12.3. The predicted molar refractivity (Wildman–Crippen MR) is 105 cm³/mol. The van der Waals surface area contributed by atoms with E-state index in [4.69, 9.17) is 11.6 Å². The van der Waals surface area contributed by atoms with Crippen LogP contribution in [0.25, 0.3) is 0 Å². The number of amides is 3. The van der Waals surface area contributed by atoms with Gasteiger partial charge < -0.3 is 16.0 Å². The standard InChI is InChI=1S/C20H22ClN3O2/c1-12-6-9-17(23-19(25)14-7-8-14)11-18(12)24-20(26)22-13(2)15-4-3-5-16(21)10-15/h3-6,9-11,13-14H,7-8H2,1-2H3,(H,23,25)(H2,22,24,26)/t13-/m1/s1. The van der Waals surface area contributed by atoms with E-state index in [2.05, 4.69) is 16.0 Å². The number of benzene rings is 2. The second kappa shape index (κ2) is 7.79. The van der Waals surface area contributed by atoms with Gasteiger partial charge in [-0.25, -0.2) is 4.79 Å². The summed E-state index contributed by atoms with van der Waals surface area (Å²) >= 11 is 6.00. The van der Waals surface area contributed by atoms with Gasteiger partial charge in [-0.3, -0.25) is 4.79 Å². The van der Waals surface area contributed by atoms with Crippen LogP contribution in [0, 0.1) is 12.8 Å². The lowest BCUT2D eigenvalue weighted by molar-refractivity contribution is -0.117. The Bertz CT molecular complexity index is 834. The molecule has 136 valence electrons. The van der Waals surface area contributed by atoms with Crippen molar-refractivity contribution in [1.29, 1.82) is 0 Å². The topological polar surface area (TPSA) is 70.2 Å². The van der Waals surface area contributed by atoms with Crippen LogP contribution in [0.3, 0.4) is 0 Å². The highest BCUT2D eigenvalue weighted by Crippen LogP contribution is 2.31. The molecule has 0 radical (unpaired) electrons. The van der Waals surface area contributed by atoms with Gasteiger partial charge in [0.25, 0.3) is 0 Å². The minimum absolute atomic E-state index is 0.0406. The smallest absolute Gasteiger partial charge is 0.319 e. The van der Waals surface area contributed by atoms with E-state index in [0.717, 1.165) is 24.0 Å². The zero-order chi connectivity index (χ0) is 18.7. The van der Waals surface area contributed by atoms with Gasteiger partial charge >= 0.3 is 6.03 Å². The number of carbonyl (C=O) groups excluding carboxylic acids is 2. The SMILES string of the molecule is Cc1ccc(NC(=O)C2CC2)cc1NC(=O)N[C@H](C)c1cccc(Cl)c1. The van der Waals surface area contributed by atoms with Crippen LogP contribution in [0.5, 0.6) is 0 Å². The highest BCUT2D eigenvalue weighted by Gasteiger charge is 2.29. The van der Waals surface area contributed by atoms with Crippen molar-refractivity contribution in [2.45, 2.75) is 32.7 Å². The molecule has 1 aliphatic carbocycles. The summed E-state index contributed by atoms with van der Waals surface area (Å²) in [6.07, 6.45) is 1.90. The van der Waals surface area contributed by atoms with Gasteiger partial charge in [0.15, 0.2) is 0 Å². The van der Waals surface area contributed by atoms with Crippen LogP contribution in [0.1, 0.15) is 36.9 Å². The van der Waals surface area contributed by atoms with Gasteiger partial charge in [-0.15, -0.1) is 0 Å². The number of aryl methyl sites for hydroxylation is 1. The summed E-state index contributed by atoms with van der Waals surface area (Å²) in [7, 11) is 0. The molecule has 1 saturated carbocycles. The van der Waals surface area contributed by atoms with Crippen LogP contribution in [0.15, 0.2) is 42.5 Å². The van der Waals surface area contributed by atoms with Crippen molar-refractivity contribution in [2.24, 2.45) is 5.92 Å². The maximum Gasteiger partial charge on any atom is 0.319 e. The van der Waals surface area contributed by atoms with Crippen LogP contribution in [0.2, 0.25) is 5.02 Å². The van der Waals surface area contributed by atoms with Gasteiger partial charge in [0.1, 0.15) is 0 Å². The third-order valence-electron chi connectivity index (χ3n) is 4.40. The van der Waals surface area contributed by atoms with Crippen molar-refractivity contribution < 1.29 is 9.59 Å². The summed E-state index contributed by atoms with van der Waals surface area (Å²) in [4.78, 5) is 24.2. The minimum atomic E-state index is -0.314. The van der Waals surface area contributed by atoms with Crippen LogP contribution in [-0.2, 0) is 4.79 Å². The molecule has 1 aliphatic rings. The summed E-state index contributed by atoms with van der Waals surface area (Å²) in [6.45, 7) is 3.80. The van der Waals surface area contributed by atoms with Crippen LogP contribution < -0.4 is 16.0 Å². The molecule has 0 aliphatic heterocycles. The first-order chi connectivity index (χ1) is 12.4. The van der Waals surface area contributed by atoms with Crippen molar-refractivity contribution in [1.82, 2.24) is 5.32 Å². The van der Waals surface area contributed by atoms with Gasteiger partial charge in [0, 0.05) is 22.3 Å². The lowest BCUT2D eigenvalue weighted by atomic mass is 10.1. The maximum absolute atomic E-state index is 12.3. The number of halogens is 1. The summed E-state index contributed by atoms with van der Waals surface area (Å²) in [5.41, 5.74) is 3.19. The Balaban J connectivity index is 1.63. The quantitative estimate of drug-likeness (QED) is 0.701. The first-order valence-electron chi connectivity index (χ1n) is 8.67. The van der Waals surface area contributed by atoms with Gasteiger partial charge in [-0.05, 0) is 62.1 Å². The fourth-order valence-electron chi connectivity index (χ4n) is 2.64. The van der Waals surface area contributed by atoms with Crippen LogP contribution in [0.4, 0.5) is 16.2 Å². The number of hydrogen-bond donors (Lipinski definition) is 3. The van der Waals surface area contributed by atoms with E-state index in [1.807, 2.05) is 44.2 Å². The number of urea groups is 1. The van der Waals surface area contributed by atoms with Crippen molar-refractivity contribution >= 4 is 34.9 Å². The molecular weight excluding hydrogens is 350 g/mol. The number of rotatable bonds is 5.